The lowest BCUT2D eigenvalue weighted by Crippen LogP contribution is -2.37. The van der Waals surface area contributed by atoms with Crippen LogP contribution in [0.3, 0.4) is 0 Å². The van der Waals surface area contributed by atoms with E-state index >= 15 is 0 Å². The van der Waals surface area contributed by atoms with Crippen LogP contribution in [0.15, 0.2) is 42.5 Å². The molecule has 0 saturated carbocycles. The molecule has 2 aromatic carbocycles. The van der Waals surface area contributed by atoms with Gasteiger partial charge in [0.05, 0.1) is 14.2 Å². The summed E-state index contributed by atoms with van der Waals surface area (Å²) in [6.45, 7) is 4.33. The van der Waals surface area contributed by atoms with Gasteiger partial charge in [-0.05, 0) is 43.2 Å². The van der Waals surface area contributed by atoms with Crippen molar-refractivity contribution in [3.63, 3.8) is 0 Å². The molecular formula is C20H25NO4. The Kier molecular flexibility index (Phi) is 6.69. The predicted octanol–water partition coefficient (Wildman–Crippen LogP) is 3.49. The molecule has 5 nitrogen and oxygen atoms in total. The molecular weight excluding hydrogens is 318 g/mol. The van der Waals surface area contributed by atoms with Crippen LogP contribution in [0.2, 0.25) is 0 Å². The third-order valence-electron chi connectivity index (χ3n) is 3.88. The van der Waals surface area contributed by atoms with E-state index in [2.05, 4.69) is 5.32 Å². The Hall–Kier alpha value is -2.69. The number of amides is 1. The molecule has 5 heteroatoms. The van der Waals surface area contributed by atoms with Gasteiger partial charge < -0.3 is 19.5 Å². The first-order chi connectivity index (χ1) is 12.1. The summed E-state index contributed by atoms with van der Waals surface area (Å²) in [5, 5.41) is 2.91. The minimum Gasteiger partial charge on any atom is -0.493 e. The number of aryl methyl sites for hydroxylation is 1. The van der Waals surface area contributed by atoms with Crippen LogP contribution in [0.5, 0.6) is 17.2 Å². The van der Waals surface area contributed by atoms with Crippen LogP contribution in [0, 0.1) is 6.92 Å². The van der Waals surface area contributed by atoms with Crippen molar-refractivity contribution in [1.29, 1.82) is 0 Å². The van der Waals surface area contributed by atoms with Gasteiger partial charge in [-0.1, -0.05) is 30.7 Å². The number of hydrogen-bond donors (Lipinski definition) is 1. The van der Waals surface area contributed by atoms with Crippen molar-refractivity contribution in [2.75, 3.05) is 14.2 Å². The van der Waals surface area contributed by atoms with E-state index in [4.69, 9.17) is 14.2 Å². The summed E-state index contributed by atoms with van der Waals surface area (Å²) < 4.78 is 16.3. The molecule has 0 aromatic heterocycles. The fourth-order valence-corrected chi connectivity index (χ4v) is 2.40. The fourth-order valence-electron chi connectivity index (χ4n) is 2.40. The van der Waals surface area contributed by atoms with E-state index in [1.165, 1.54) is 0 Å². The van der Waals surface area contributed by atoms with Gasteiger partial charge in [0, 0.05) is 6.54 Å². The topological polar surface area (TPSA) is 56.8 Å². The number of ether oxygens (including phenoxy) is 3. The van der Waals surface area contributed by atoms with E-state index in [1.807, 2.05) is 56.3 Å². The molecule has 1 atom stereocenters. The minimum absolute atomic E-state index is 0.141. The highest BCUT2D eigenvalue weighted by Crippen LogP contribution is 2.27. The summed E-state index contributed by atoms with van der Waals surface area (Å²) in [6.07, 6.45) is 0.0638. The maximum atomic E-state index is 12.4. The molecule has 1 unspecified atom stereocenters. The van der Waals surface area contributed by atoms with Crippen LogP contribution < -0.4 is 19.5 Å². The second-order valence-corrected chi connectivity index (χ2v) is 5.73. The maximum absolute atomic E-state index is 12.4. The van der Waals surface area contributed by atoms with Crippen LogP contribution in [0.1, 0.15) is 24.5 Å². The van der Waals surface area contributed by atoms with Crippen molar-refractivity contribution < 1.29 is 19.0 Å². The lowest BCUT2D eigenvalue weighted by molar-refractivity contribution is -0.128. The molecule has 0 aliphatic rings. The molecule has 0 bridgehead atoms. The summed E-state index contributed by atoms with van der Waals surface area (Å²) in [7, 11) is 3.18. The molecule has 1 amide bonds. The standard InChI is InChI=1S/C20H25NO4/c1-5-17(25-16-9-6-14(2)7-10-16)20(22)21-13-15-8-11-18(23-3)19(12-15)24-4/h6-12,17H,5,13H2,1-4H3,(H,21,22). The van der Waals surface area contributed by atoms with Gasteiger partial charge in [0.2, 0.25) is 0 Å². The zero-order valence-electron chi connectivity index (χ0n) is 15.2. The van der Waals surface area contributed by atoms with Crippen LogP contribution in [0.4, 0.5) is 0 Å². The maximum Gasteiger partial charge on any atom is 0.261 e. The first-order valence-corrected chi connectivity index (χ1v) is 8.29. The smallest absolute Gasteiger partial charge is 0.261 e. The van der Waals surface area contributed by atoms with Crippen LogP contribution in [-0.2, 0) is 11.3 Å². The Balaban J connectivity index is 1.96. The monoisotopic (exact) mass is 343 g/mol. The first kappa shape index (κ1) is 18.6. The van der Waals surface area contributed by atoms with Gasteiger partial charge in [-0.3, -0.25) is 4.79 Å². The summed E-state index contributed by atoms with van der Waals surface area (Å²) in [5.74, 6) is 1.85. The van der Waals surface area contributed by atoms with Crippen LogP contribution >= 0.6 is 0 Å². The first-order valence-electron chi connectivity index (χ1n) is 8.29. The van der Waals surface area contributed by atoms with E-state index in [0.29, 0.717) is 30.2 Å². The van der Waals surface area contributed by atoms with Crippen molar-refractivity contribution >= 4 is 5.91 Å². The number of hydrogen-bond acceptors (Lipinski definition) is 4. The highest BCUT2D eigenvalue weighted by molar-refractivity contribution is 5.81. The summed E-state index contributed by atoms with van der Waals surface area (Å²) >= 11 is 0. The van der Waals surface area contributed by atoms with E-state index < -0.39 is 6.10 Å². The fraction of sp³-hybridized carbons (Fsp3) is 0.350. The molecule has 0 aliphatic carbocycles. The molecule has 134 valence electrons. The molecule has 0 fully saturated rings. The molecule has 0 heterocycles. The highest BCUT2D eigenvalue weighted by atomic mass is 16.5. The Morgan fingerprint density at radius 2 is 1.72 bits per heavy atom. The minimum atomic E-state index is -0.525. The van der Waals surface area contributed by atoms with E-state index in [-0.39, 0.29) is 5.91 Å². The van der Waals surface area contributed by atoms with Gasteiger partial charge >= 0.3 is 0 Å². The SMILES string of the molecule is CCC(Oc1ccc(C)cc1)C(=O)NCc1ccc(OC)c(OC)c1. The zero-order valence-corrected chi connectivity index (χ0v) is 15.2. The second kappa shape index (κ2) is 8.97. The van der Waals surface area contributed by atoms with Crippen molar-refractivity contribution in [2.24, 2.45) is 0 Å². The second-order valence-electron chi connectivity index (χ2n) is 5.73. The highest BCUT2D eigenvalue weighted by Gasteiger charge is 2.18. The van der Waals surface area contributed by atoms with Crippen LogP contribution in [-0.4, -0.2) is 26.2 Å². The van der Waals surface area contributed by atoms with Gasteiger partial charge in [-0.25, -0.2) is 0 Å². The average molecular weight is 343 g/mol. The van der Waals surface area contributed by atoms with Crippen molar-refractivity contribution in [3.05, 3.63) is 53.6 Å². The van der Waals surface area contributed by atoms with Crippen molar-refractivity contribution in [1.82, 2.24) is 5.32 Å². The predicted molar refractivity (Wildman–Crippen MR) is 97.3 cm³/mol. The van der Waals surface area contributed by atoms with E-state index in [1.54, 1.807) is 14.2 Å². The Morgan fingerprint density at radius 3 is 2.32 bits per heavy atom. The number of nitrogens with one attached hydrogen (secondary N) is 1. The van der Waals surface area contributed by atoms with Gasteiger partial charge in [0.1, 0.15) is 5.75 Å². The van der Waals surface area contributed by atoms with Crippen LogP contribution in [0.25, 0.3) is 0 Å². The molecule has 0 saturated heterocycles. The van der Waals surface area contributed by atoms with Gasteiger partial charge in [0.25, 0.3) is 5.91 Å². The number of methoxy groups -OCH3 is 2. The molecule has 2 rings (SSSR count). The number of carbonyl (C=O) groups is 1. The molecule has 2 aromatic rings. The molecule has 0 aliphatic heterocycles. The number of carbonyl (C=O) groups excluding carboxylic acids is 1. The summed E-state index contributed by atoms with van der Waals surface area (Å²) in [6, 6.07) is 13.2. The summed E-state index contributed by atoms with van der Waals surface area (Å²) in [5.41, 5.74) is 2.08. The zero-order chi connectivity index (χ0) is 18.2. The van der Waals surface area contributed by atoms with E-state index in [9.17, 15) is 4.79 Å². The Labute approximate surface area is 148 Å². The quantitative estimate of drug-likeness (QED) is 0.797. The Morgan fingerprint density at radius 1 is 1.04 bits per heavy atom. The number of benzene rings is 2. The molecule has 1 N–H and O–H groups in total. The normalized spacial score (nSPS) is 11.5. The van der Waals surface area contributed by atoms with E-state index in [0.717, 1.165) is 11.1 Å². The van der Waals surface area contributed by atoms with Gasteiger partial charge in [0.15, 0.2) is 17.6 Å². The van der Waals surface area contributed by atoms with Crippen molar-refractivity contribution in [2.45, 2.75) is 32.9 Å². The Bertz CT molecular complexity index is 697. The largest absolute Gasteiger partial charge is 0.493 e. The van der Waals surface area contributed by atoms with Crippen molar-refractivity contribution in [3.8, 4) is 17.2 Å². The molecule has 25 heavy (non-hydrogen) atoms. The third-order valence-corrected chi connectivity index (χ3v) is 3.88. The average Bonchev–Trinajstić information content (AvgIpc) is 2.65. The summed E-state index contributed by atoms with van der Waals surface area (Å²) in [4.78, 5) is 12.4. The van der Waals surface area contributed by atoms with Gasteiger partial charge in [-0.15, -0.1) is 0 Å². The molecule has 0 radical (unpaired) electrons. The lowest BCUT2D eigenvalue weighted by atomic mass is 10.2. The molecule has 0 spiro atoms. The lowest BCUT2D eigenvalue weighted by Gasteiger charge is -2.18. The number of rotatable bonds is 8. The third kappa shape index (κ3) is 5.14. The van der Waals surface area contributed by atoms with Gasteiger partial charge in [-0.2, -0.15) is 0 Å².